The Labute approximate surface area is 120 Å². The van der Waals surface area contributed by atoms with Crippen molar-refractivity contribution in [3.05, 3.63) is 38.9 Å². The van der Waals surface area contributed by atoms with Gasteiger partial charge in [0, 0.05) is 18.2 Å². The lowest BCUT2D eigenvalue weighted by atomic mass is 10.0. The van der Waals surface area contributed by atoms with Gasteiger partial charge in [0.05, 0.1) is 22.2 Å². The molecule has 0 saturated heterocycles. The van der Waals surface area contributed by atoms with Gasteiger partial charge in [-0.2, -0.15) is 0 Å². The lowest BCUT2D eigenvalue weighted by molar-refractivity contribution is -0.383. The van der Waals surface area contributed by atoms with E-state index in [1.807, 2.05) is 13.8 Å². The summed E-state index contributed by atoms with van der Waals surface area (Å²) in [5, 5.41) is 23.4. The number of anilines is 1. The molecule has 0 atom stereocenters. The van der Waals surface area contributed by atoms with Crippen LogP contribution in [0.25, 0.3) is 10.9 Å². The molecular formula is C13H16N4O4. The number of aliphatic hydroxyl groups is 1. The van der Waals surface area contributed by atoms with Crippen LogP contribution in [0, 0.1) is 10.1 Å². The average Bonchev–Trinajstić information content (AvgIpc) is 2.37. The van der Waals surface area contributed by atoms with Crippen LogP contribution in [-0.4, -0.2) is 32.1 Å². The maximum absolute atomic E-state index is 11.7. The number of aromatic amines is 1. The van der Waals surface area contributed by atoms with Crippen molar-refractivity contribution in [1.82, 2.24) is 9.97 Å². The molecule has 0 saturated carbocycles. The molecule has 0 aliphatic heterocycles. The van der Waals surface area contributed by atoms with Crippen molar-refractivity contribution in [1.29, 1.82) is 0 Å². The molecule has 112 valence electrons. The molecule has 0 unspecified atom stereocenters. The summed E-state index contributed by atoms with van der Waals surface area (Å²) in [5.74, 6) is 0. The van der Waals surface area contributed by atoms with Crippen LogP contribution in [0.4, 0.5) is 11.4 Å². The Kier molecular flexibility index (Phi) is 3.90. The van der Waals surface area contributed by atoms with Crippen molar-refractivity contribution < 1.29 is 10.0 Å². The fourth-order valence-electron chi connectivity index (χ4n) is 2.06. The van der Waals surface area contributed by atoms with Crippen LogP contribution in [0.15, 0.2) is 23.3 Å². The number of aromatic nitrogens is 2. The molecule has 0 amide bonds. The number of fused-ring (bicyclic) bond motifs is 1. The zero-order valence-electron chi connectivity index (χ0n) is 11.7. The van der Waals surface area contributed by atoms with Gasteiger partial charge < -0.3 is 15.4 Å². The highest BCUT2D eigenvalue weighted by Gasteiger charge is 2.23. The number of hydrogen-bond donors (Lipinski definition) is 3. The largest absolute Gasteiger partial charge is 0.396 e. The maximum atomic E-state index is 11.7. The average molecular weight is 292 g/mol. The van der Waals surface area contributed by atoms with E-state index in [0.717, 1.165) is 0 Å². The van der Waals surface area contributed by atoms with Gasteiger partial charge in [-0.3, -0.25) is 14.9 Å². The smallest absolute Gasteiger partial charge is 0.293 e. The minimum absolute atomic E-state index is 0.0424. The number of hydrogen-bond acceptors (Lipinski definition) is 6. The maximum Gasteiger partial charge on any atom is 0.293 e. The first-order valence-electron chi connectivity index (χ1n) is 6.39. The van der Waals surface area contributed by atoms with Gasteiger partial charge in [0.2, 0.25) is 0 Å². The first kappa shape index (κ1) is 14.9. The first-order valence-corrected chi connectivity index (χ1v) is 6.39. The number of nitrogens with one attached hydrogen (secondary N) is 2. The van der Waals surface area contributed by atoms with Crippen LogP contribution in [0.2, 0.25) is 0 Å². The molecule has 8 heteroatoms. The number of H-pyrrole nitrogens is 1. The van der Waals surface area contributed by atoms with Crippen molar-refractivity contribution in [3.8, 4) is 0 Å². The van der Waals surface area contributed by atoms with Crippen molar-refractivity contribution in [2.24, 2.45) is 0 Å². The number of aliphatic hydroxyl groups excluding tert-OH is 1. The SMILES string of the molecule is CC(C)(CCO)Nc1cc2nc[nH]c(=O)c2cc1[N+](=O)[O-]. The van der Waals surface area contributed by atoms with E-state index < -0.39 is 16.0 Å². The Morgan fingerprint density at radius 2 is 2.19 bits per heavy atom. The van der Waals surface area contributed by atoms with Gasteiger partial charge in [-0.1, -0.05) is 0 Å². The molecule has 0 bridgehead atoms. The van der Waals surface area contributed by atoms with Crippen LogP contribution in [0.5, 0.6) is 0 Å². The van der Waals surface area contributed by atoms with Crippen molar-refractivity contribution >= 4 is 22.3 Å². The lowest BCUT2D eigenvalue weighted by Crippen LogP contribution is -2.32. The number of nitrogens with zero attached hydrogens (tertiary/aromatic N) is 2. The van der Waals surface area contributed by atoms with E-state index in [1.54, 1.807) is 0 Å². The third kappa shape index (κ3) is 3.16. The first-order chi connectivity index (χ1) is 9.84. The van der Waals surface area contributed by atoms with E-state index in [9.17, 15) is 14.9 Å². The monoisotopic (exact) mass is 292 g/mol. The summed E-state index contributed by atoms with van der Waals surface area (Å²) in [6.07, 6.45) is 1.67. The Morgan fingerprint density at radius 3 is 2.81 bits per heavy atom. The van der Waals surface area contributed by atoms with Gasteiger partial charge in [-0.05, 0) is 26.3 Å². The van der Waals surface area contributed by atoms with Crippen molar-refractivity contribution in [3.63, 3.8) is 0 Å². The molecule has 0 aliphatic carbocycles. The minimum Gasteiger partial charge on any atom is -0.396 e. The highest BCUT2D eigenvalue weighted by molar-refractivity contribution is 5.86. The molecule has 21 heavy (non-hydrogen) atoms. The molecule has 1 aromatic heterocycles. The van der Waals surface area contributed by atoms with E-state index in [0.29, 0.717) is 11.9 Å². The molecular weight excluding hydrogens is 276 g/mol. The number of rotatable bonds is 5. The number of benzene rings is 1. The Bertz CT molecular complexity index is 739. The molecule has 0 radical (unpaired) electrons. The summed E-state index contributed by atoms with van der Waals surface area (Å²) >= 11 is 0. The van der Waals surface area contributed by atoms with Crippen molar-refractivity contribution in [2.75, 3.05) is 11.9 Å². The third-order valence-electron chi connectivity index (χ3n) is 3.16. The zero-order chi connectivity index (χ0) is 15.6. The molecule has 1 aromatic carbocycles. The second-order valence-corrected chi connectivity index (χ2v) is 5.36. The van der Waals surface area contributed by atoms with Gasteiger partial charge in [-0.15, -0.1) is 0 Å². The predicted molar refractivity (Wildman–Crippen MR) is 78.4 cm³/mol. The summed E-state index contributed by atoms with van der Waals surface area (Å²) in [6.45, 7) is 3.60. The topological polar surface area (TPSA) is 121 Å². The van der Waals surface area contributed by atoms with Crippen molar-refractivity contribution in [2.45, 2.75) is 25.8 Å². The second kappa shape index (κ2) is 5.49. The van der Waals surface area contributed by atoms with Gasteiger partial charge in [-0.25, -0.2) is 4.98 Å². The quantitative estimate of drug-likeness (QED) is 0.565. The molecule has 2 aromatic rings. The summed E-state index contributed by atoms with van der Waals surface area (Å²) in [7, 11) is 0. The van der Waals surface area contributed by atoms with Gasteiger partial charge in [0.15, 0.2) is 0 Å². The highest BCUT2D eigenvalue weighted by Crippen LogP contribution is 2.30. The zero-order valence-corrected chi connectivity index (χ0v) is 11.7. The van der Waals surface area contributed by atoms with Crippen LogP contribution < -0.4 is 10.9 Å². The predicted octanol–water partition coefficient (Wildman–Crippen LogP) is 1.40. The molecule has 2 rings (SSSR count). The minimum atomic E-state index is -0.552. The summed E-state index contributed by atoms with van der Waals surface area (Å²) in [6, 6.07) is 2.68. The molecule has 0 spiro atoms. The molecule has 0 fully saturated rings. The Morgan fingerprint density at radius 1 is 1.48 bits per heavy atom. The van der Waals surface area contributed by atoms with Gasteiger partial charge >= 0.3 is 0 Å². The molecule has 0 aliphatic rings. The highest BCUT2D eigenvalue weighted by atomic mass is 16.6. The van der Waals surface area contributed by atoms with Crippen LogP contribution in [0.1, 0.15) is 20.3 Å². The van der Waals surface area contributed by atoms with E-state index in [2.05, 4.69) is 15.3 Å². The van der Waals surface area contributed by atoms with E-state index in [-0.39, 0.29) is 23.4 Å². The lowest BCUT2D eigenvalue weighted by Gasteiger charge is -2.26. The molecule has 8 nitrogen and oxygen atoms in total. The Hall–Kier alpha value is -2.48. The summed E-state index contributed by atoms with van der Waals surface area (Å²) in [5.41, 5.74) is -0.527. The Balaban J connectivity index is 2.59. The molecule has 1 heterocycles. The fourth-order valence-corrected chi connectivity index (χ4v) is 2.06. The number of nitro groups is 1. The fraction of sp³-hybridized carbons (Fsp3) is 0.385. The third-order valence-corrected chi connectivity index (χ3v) is 3.16. The standard InChI is InChI=1S/C13H16N4O4/c1-13(2,3-4-18)16-10-6-9-8(5-11(10)17(20)21)12(19)15-7-14-9/h5-7,16,18H,3-4H2,1-2H3,(H,14,15,19). The number of nitro benzene ring substituents is 1. The van der Waals surface area contributed by atoms with E-state index in [1.165, 1.54) is 18.5 Å². The van der Waals surface area contributed by atoms with Gasteiger partial charge in [0.25, 0.3) is 11.2 Å². The van der Waals surface area contributed by atoms with Crippen LogP contribution >= 0.6 is 0 Å². The summed E-state index contributed by atoms with van der Waals surface area (Å²) < 4.78 is 0. The van der Waals surface area contributed by atoms with E-state index in [4.69, 9.17) is 5.11 Å². The normalized spacial score (nSPS) is 11.6. The van der Waals surface area contributed by atoms with Gasteiger partial charge in [0.1, 0.15) is 5.69 Å². The molecule has 3 N–H and O–H groups in total. The summed E-state index contributed by atoms with van der Waals surface area (Å²) in [4.78, 5) is 28.7. The van der Waals surface area contributed by atoms with Crippen LogP contribution in [-0.2, 0) is 0 Å². The van der Waals surface area contributed by atoms with Crippen LogP contribution in [0.3, 0.4) is 0 Å². The van der Waals surface area contributed by atoms with E-state index >= 15 is 0 Å². The second-order valence-electron chi connectivity index (χ2n) is 5.36.